The lowest BCUT2D eigenvalue weighted by molar-refractivity contribution is -0.121. The van der Waals surface area contributed by atoms with E-state index >= 15 is 0 Å². The molecular formula is C20H32N2O2. The minimum Gasteiger partial charge on any atom is -0.390 e. The van der Waals surface area contributed by atoms with Crippen molar-refractivity contribution in [2.75, 3.05) is 26.2 Å². The van der Waals surface area contributed by atoms with Gasteiger partial charge in [-0.2, -0.15) is 0 Å². The maximum atomic E-state index is 12.0. The monoisotopic (exact) mass is 332 g/mol. The van der Waals surface area contributed by atoms with E-state index in [1.165, 1.54) is 29.5 Å². The number of nitrogens with one attached hydrogen (secondary N) is 1. The van der Waals surface area contributed by atoms with Crippen LogP contribution in [0.3, 0.4) is 0 Å². The van der Waals surface area contributed by atoms with E-state index in [0.717, 1.165) is 25.4 Å². The number of carbonyl (C=O) groups is 1. The molecule has 0 aliphatic carbocycles. The number of aliphatic hydroxyl groups excluding tert-OH is 1. The molecule has 1 heterocycles. The first-order valence-corrected chi connectivity index (χ1v) is 9.17. The van der Waals surface area contributed by atoms with Crippen LogP contribution in [0.15, 0.2) is 18.2 Å². The van der Waals surface area contributed by atoms with E-state index in [0.29, 0.717) is 19.5 Å². The van der Waals surface area contributed by atoms with Crippen LogP contribution < -0.4 is 5.32 Å². The molecule has 4 heteroatoms. The average molecular weight is 332 g/mol. The zero-order valence-corrected chi connectivity index (χ0v) is 15.3. The molecule has 1 aromatic rings. The van der Waals surface area contributed by atoms with Crippen molar-refractivity contribution in [2.24, 2.45) is 5.92 Å². The number of aliphatic hydroxyl groups is 1. The number of carbonyl (C=O) groups excluding carboxylic acids is 1. The Balaban J connectivity index is 1.65. The van der Waals surface area contributed by atoms with Crippen LogP contribution in [-0.2, 0) is 11.2 Å². The normalized spacial score (nSPS) is 17.7. The molecule has 1 saturated heterocycles. The average Bonchev–Trinajstić information content (AvgIpc) is 2.54. The number of hydrogen-bond acceptors (Lipinski definition) is 3. The Morgan fingerprint density at radius 2 is 2.04 bits per heavy atom. The summed E-state index contributed by atoms with van der Waals surface area (Å²) >= 11 is 0. The third-order valence-corrected chi connectivity index (χ3v) is 5.00. The topological polar surface area (TPSA) is 52.6 Å². The van der Waals surface area contributed by atoms with Crippen LogP contribution in [0.5, 0.6) is 0 Å². The Morgan fingerprint density at radius 3 is 2.71 bits per heavy atom. The molecule has 1 atom stereocenters. The number of nitrogens with zero attached hydrogens (tertiary/aromatic N) is 1. The number of β-amino-alcohol motifs (C(OH)–C–C–N with tert-alkyl or cyclic N) is 1. The van der Waals surface area contributed by atoms with Gasteiger partial charge in [0.1, 0.15) is 0 Å². The maximum Gasteiger partial charge on any atom is 0.220 e. The Kier molecular flexibility index (Phi) is 7.25. The molecule has 24 heavy (non-hydrogen) atoms. The van der Waals surface area contributed by atoms with Gasteiger partial charge in [0.15, 0.2) is 0 Å². The Labute approximate surface area is 146 Å². The highest BCUT2D eigenvalue weighted by atomic mass is 16.3. The molecule has 2 N–H and O–H groups in total. The second kappa shape index (κ2) is 9.19. The summed E-state index contributed by atoms with van der Waals surface area (Å²) in [5.74, 6) is 0.810. The number of aryl methyl sites for hydroxylation is 3. The van der Waals surface area contributed by atoms with Crippen molar-refractivity contribution >= 4 is 5.91 Å². The maximum absolute atomic E-state index is 12.0. The summed E-state index contributed by atoms with van der Waals surface area (Å²) in [6, 6.07) is 6.34. The number of rotatable bonds is 7. The number of piperidine rings is 1. The molecule has 2 rings (SSSR count). The first kappa shape index (κ1) is 18.9. The van der Waals surface area contributed by atoms with Crippen molar-refractivity contribution in [3.63, 3.8) is 0 Å². The highest BCUT2D eigenvalue weighted by molar-refractivity contribution is 5.76. The quantitative estimate of drug-likeness (QED) is 0.806. The third kappa shape index (κ3) is 6.25. The van der Waals surface area contributed by atoms with Gasteiger partial charge in [-0.05, 0) is 63.2 Å². The second-order valence-corrected chi connectivity index (χ2v) is 7.37. The third-order valence-electron chi connectivity index (χ3n) is 5.00. The van der Waals surface area contributed by atoms with Crippen LogP contribution in [0.1, 0.15) is 42.9 Å². The summed E-state index contributed by atoms with van der Waals surface area (Å²) in [7, 11) is 0. The van der Waals surface area contributed by atoms with Crippen LogP contribution in [0, 0.1) is 19.8 Å². The Hall–Kier alpha value is -1.39. The molecular weight excluding hydrogens is 300 g/mol. The summed E-state index contributed by atoms with van der Waals surface area (Å²) in [5.41, 5.74) is 3.71. The van der Waals surface area contributed by atoms with Gasteiger partial charge in [0.25, 0.3) is 0 Å². The Morgan fingerprint density at radius 1 is 1.33 bits per heavy atom. The van der Waals surface area contributed by atoms with E-state index in [2.05, 4.69) is 49.2 Å². The van der Waals surface area contributed by atoms with Gasteiger partial charge in [0, 0.05) is 19.5 Å². The molecule has 4 nitrogen and oxygen atoms in total. The minimum absolute atomic E-state index is 0.0151. The fourth-order valence-electron chi connectivity index (χ4n) is 3.30. The smallest absolute Gasteiger partial charge is 0.220 e. The van der Waals surface area contributed by atoms with E-state index in [4.69, 9.17) is 0 Å². The molecule has 134 valence electrons. The summed E-state index contributed by atoms with van der Waals surface area (Å²) in [6.45, 7) is 9.56. The molecule has 1 amide bonds. The minimum atomic E-state index is -0.483. The molecule has 1 unspecified atom stereocenters. The standard InChI is InChI=1S/C20H32N2O2/c1-15-8-10-22(11-9-15)14-19(23)13-21-20(24)7-6-18-5-4-16(2)12-17(18)3/h4-5,12,15,19,23H,6-11,13-14H2,1-3H3,(H,21,24). The van der Waals surface area contributed by atoms with Gasteiger partial charge in [0.2, 0.25) is 5.91 Å². The van der Waals surface area contributed by atoms with Gasteiger partial charge >= 0.3 is 0 Å². The second-order valence-electron chi connectivity index (χ2n) is 7.37. The predicted molar refractivity (Wildman–Crippen MR) is 98.1 cm³/mol. The van der Waals surface area contributed by atoms with Crippen molar-refractivity contribution in [3.8, 4) is 0 Å². The summed E-state index contributed by atoms with van der Waals surface area (Å²) < 4.78 is 0. The highest BCUT2D eigenvalue weighted by Crippen LogP contribution is 2.16. The highest BCUT2D eigenvalue weighted by Gasteiger charge is 2.18. The summed E-state index contributed by atoms with van der Waals surface area (Å²) in [4.78, 5) is 14.3. The lowest BCUT2D eigenvalue weighted by atomic mass is 9.99. The zero-order chi connectivity index (χ0) is 17.5. The lowest BCUT2D eigenvalue weighted by Crippen LogP contribution is -2.43. The number of benzene rings is 1. The van der Waals surface area contributed by atoms with Gasteiger partial charge in [0.05, 0.1) is 6.10 Å². The zero-order valence-electron chi connectivity index (χ0n) is 15.3. The van der Waals surface area contributed by atoms with Crippen molar-refractivity contribution in [3.05, 3.63) is 34.9 Å². The van der Waals surface area contributed by atoms with E-state index in [1.54, 1.807) is 0 Å². The van der Waals surface area contributed by atoms with Crippen molar-refractivity contribution in [2.45, 2.75) is 52.6 Å². The van der Waals surface area contributed by atoms with Gasteiger partial charge < -0.3 is 15.3 Å². The van der Waals surface area contributed by atoms with Gasteiger partial charge in [-0.1, -0.05) is 30.7 Å². The van der Waals surface area contributed by atoms with Crippen LogP contribution in [0.4, 0.5) is 0 Å². The fourth-order valence-corrected chi connectivity index (χ4v) is 3.30. The van der Waals surface area contributed by atoms with E-state index in [-0.39, 0.29) is 5.91 Å². The SMILES string of the molecule is Cc1ccc(CCC(=O)NCC(O)CN2CCC(C)CC2)c(C)c1. The predicted octanol–water partition coefficient (Wildman–Crippen LogP) is 2.45. The molecule has 0 radical (unpaired) electrons. The van der Waals surface area contributed by atoms with Gasteiger partial charge in [-0.15, -0.1) is 0 Å². The fraction of sp³-hybridized carbons (Fsp3) is 0.650. The van der Waals surface area contributed by atoms with E-state index in [9.17, 15) is 9.90 Å². The first-order chi connectivity index (χ1) is 11.4. The lowest BCUT2D eigenvalue weighted by Gasteiger charge is -2.31. The largest absolute Gasteiger partial charge is 0.390 e. The van der Waals surface area contributed by atoms with Crippen LogP contribution in [0.2, 0.25) is 0 Å². The van der Waals surface area contributed by atoms with Crippen molar-refractivity contribution in [1.82, 2.24) is 10.2 Å². The van der Waals surface area contributed by atoms with Crippen LogP contribution in [0.25, 0.3) is 0 Å². The van der Waals surface area contributed by atoms with Gasteiger partial charge in [-0.25, -0.2) is 0 Å². The van der Waals surface area contributed by atoms with Crippen molar-refractivity contribution < 1.29 is 9.90 Å². The number of hydrogen-bond donors (Lipinski definition) is 2. The van der Waals surface area contributed by atoms with Gasteiger partial charge in [-0.3, -0.25) is 4.79 Å². The molecule has 0 saturated carbocycles. The molecule has 0 spiro atoms. The molecule has 1 aliphatic heterocycles. The molecule has 1 fully saturated rings. The molecule has 1 aromatic carbocycles. The van der Waals surface area contributed by atoms with Crippen molar-refractivity contribution in [1.29, 1.82) is 0 Å². The van der Waals surface area contributed by atoms with E-state index in [1.807, 2.05) is 0 Å². The molecule has 1 aliphatic rings. The van der Waals surface area contributed by atoms with Crippen LogP contribution >= 0.6 is 0 Å². The Bertz CT molecular complexity index is 536. The van der Waals surface area contributed by atoms with Crippen LogP contribution in [-0.4, -0.2) is 48.2 Å². The first-order valence-electron chi connectivity index (χ1n) is 9.17. The van der Waals surface area contributed by atoms with E-state index < -0.39 is 6.10 Å². The molecule has 0 aromatic heterocycles. The number of amides is 1. The number of likely N-dealkylation sites (tertiary alicyclic amines) is 1. The summed E-state index contributed by atoms with van der Waals surface area (Å²) in [5, 5.41) is 13.0. The molecule has 0 bridgehead atoms. The summed E-state index contributed by atoms with van der Waals surface area (Å²) in [6.07, 6.45) is 3.14.